The van der Waals surface area contributed by atoms with Gasteiger partial charge in [-0.2, -0.15) is 0 Å². The zero-order valence-electron chi connectivity index (χ0n) is 11.6. The number of benzene rings is 2. The van der Waals surface area contributed by atoms with Crippen molar-refractivity contribution in [2.24, 2.45) is 0 Å². The predicted octanol–water partition coefficient (Wildman–Crippen LogP) is 2.79. The van der Waals surface area contributed by atoms with E-state index in [0.717, 1.165) is 5.56 Å². The molecule has 0 aliphatic carbocycles. The third-order valence-corrected chi connectivity index (χ3v) is 2.86. The Morgan fingerprint density at radius 3 is 2.29 bits per heavy atom. The Bertz CT molecular complexity index is 609. The molecule has 0 unspecified atom stereocenters. The van der Waals surface area contributed by atoms with Gasteiger partial charge in [-0.05, 0) is 29.8 Å². The number of methoxy groups -OCH3 is 1. The Morgan fingerprint density at radius 2 is 1.67 bits per heavy atom. The molecular weight excluding hydrogens is 268 g/mol. The minimum Gasteiger partial charge on any atom is -0.465 e. The zero-order chi connectivity index (χ0) is 15.1. The first kappa shape index (κ1) is 14.6. The van der Waals surface area contributed by atoms with E-state index in [1.54, 1.807) is 24.3 Å². The van der Waals surface area contributed by atoms with E-state index in [9.17, 15) is 9.59 Å². The molecule has 2 aromatic carbocycles. The van der Waals surface area contributed by atoms with Crippen molar-refractivity contribution in [2.75, 3.05) is 12.4 Å². The third-order valence-electron chi connectivity index (χ3n) is 2.86. The number of hydrogen-bond acceptors (Lipinski definition) is 3. The summed E-state index contributed by atoms with van der Waals surface area (Å²) >= 11 is 0. The van der Waals surface area contributed by atoms with Gasteiger partial charge in [-0.1, -0.05) is 30.3 Å². The molecule has 0 radical (unpaired) electrons. The fraction of sp³-hybridized carbons (Fsp3) is 0.125. The van der Waals surface area contributed by atoms with Gasteiger partial charge in [-0.15, -0.1) is 0 Å². The second kappa shape index (κ2) is 7.09. The first-order chi connectivity index (χ1) is 10.2. The number of anilines is 1. The number of carbonyl (C=O) groups is 2. The first-order valence-electron chi connectivity index (χ1n) is 6.46. The lowest BCUT2D eigenvalue weighted by molar-refractivity contribution is 0.0601. The molecule has 2 N–H and O–H groups in total. The molecule has 0 aromatic heterocycles. The van der Waals surface area contributed by atoms with Gasteiger partial charge in [0.25, 0.3) is 0 Å². The number of amides is 2. The van der Waals surface area contributed by atoms with Crippen molar-refractivity contribution in [1.82, 2.24) is 5.32 Å². The number of rotatable bonds is 4. The molecule has 0 spiro atoms. The van der Waals surface area contributed by atoms with E-state index < -0.39 is 5.97 Å². The number of ether oxygens (including phenoxy) is 1. The van der Waals surface area contributed by atoms with Crippen molar-refractivity contribution in [3.63, 3.8) is 0 Å². The molecular formula is C16H16N2O3. The maximum absolute atomic E-state index is 11.7. The molecule has 0 saturated heterocycles. The molecule has 0 fully saturated rings. The second-order valence-corrected chi connectivity index (χ2v) is 4.36. The predicted molar refractivity (Wildman–Crippen MR) is 80.1 cm³/mol. The number of esters is 1. The lowest BCUT2D eigenvalue weighted by Crippen LogP contribution is -2.28. The first-order valence-corrected chi connectivity index (χ1v) is 6.46. The Labute approximate surface area is 122 Å². The van der Waals surface area contributed by atoms with Gasteiger partial charge in [0.1, 0.15) is 0 Å². The average Bonchev–Trinajstić information content (AvgIpc) is 2.54. The normalized spacial score (nSPS) is 9.76. The molecule has 21 heavy (non-hydrogen) atoms. The molecule has 0 atom stereocenters. The van der Waals surface area contributed by atoms with Crippen LogP contribution in [0.5, 0.6) is 0 Å². The fourth-order valence-electron chi connectivity index (χ4n) is 1.76. The van der Waals surface area contributed by atoms with Crippen LogP contribution in [0.25, 0.3) is 0 Å². The zero-order valence-corrected chi connectivity index (χ0v) is 11.6. The summed E-state index contributed by atoms with van der Waals surface area (Å²) in [5.41, 5.74) is 2.06. The van der Waals surface area contributed by atoms with Gasteiger partial charge in [-0.3, -0.25) is 0 Å². The quantitative estimate of drug-likeness (QED) is 0.848. The highest BCUT2D eigenvalue weighted by Gasteiger charge is 2.06. The third kappa shape index (κ3) is 4.35. The van der Waals surface area contributed by atoms with Crippen LogP contribution in [-0.2, 0) is 11.3 Å². The summed E-state index contributed by atoms with van der Waals surface area (Å²) < 4.78 is 4.61. The molecule has 0 aliphatic rings. The Balaban J connectivity index is 1.86. The molecule has 108 valence electrons. The van der Waals surface area contributed by atoms with E-state index in [1.807, 2.05) is 30.3 Å². The largest absolute Gasteiger partial charge is 0.465 e. The van der Waals surface area contributed by atoms with Crippen LogP contribution in [0, 0.1) is 0 Å². The minimum absolute atomic E-state index is 0.301. The Morgan fingerprint density at radius 1 is 1.00 bits per heavy atom. The number of hydrogen-bond donors (Lipinski definition) is 2. The Kier molecular flexibility index (Phi) is 4.93. The van der Waals surface area contributed by atoms with Gasteiger partial charge in [0, 0.05) is 12.2 Å². The van der Waals surface area contributed by atoms with Crippen molar-refractivity contribution < 1.29 is 14.3 Å². The molecule has 2 aromatic rings. The van der Waals surface area contributed by atoms with E-state index in [2.05, 4.69) is 15.4 Å². The molecule has 2 amide bonds. The molecule has 0 saturated carbocycles. The van der Waals surface area contributed by atoms with Crippen LogP contribution in [-0.4, -0.2) is 19.1 Å². The average molecular weight is 284 g/mol. The maximum Gasteiger partial charge on any atom is 0.337 e. The van der Waals surface area contributed by atoms with Gasteiger partial charge in [0.05, 0.1) is 12.7 Å². The number of carbonyl (C=O) groups excluding carboxylic acids is 2. The second-order valence-electron chi connectivity index (χ2n) is 4.36. The van der Waals surface area contributed by atoms with Crippen molar-refractivity contribution in [1.29, 1.82) is 0 Å². The smallest absolute Gasteiger partial charge is 0.337 e. The topological polar surface area (TPSA) is 67.4 Å². The van der Waals surface area contributed by atoms with E-state index >= 15 is 0 Å². The van der Waals surface area contributed by atoms with Crippen LogP contribution in [0.1, 0.15) is 15.9 Å². The van der Waals surface area contributed by atoms with Crippen LogP contribution < -0.4 is 10.6 Å². The van der Waals surface area contributed by atoms with Gasteiger partial charge in [0.15, 0.2) is 0 Å². The molecule has 5 heteroatoms. The fourth-order valence-corrected chi connectivity index (χ4v) is 1.76. The van der Waals surface area contributed by atoms with Gasteiger partial charge in [-0.25, -0.2) is 9.59 Å². The summed E-state index contributed by atoms with van der Waals surface area (Å²) in [7, 11) is 1.32. The van der Waals surface area contributed by atoms with Crippen LogP contribution in [0.3, 0.4) is 0 Å². The summed E-state index contributed by atoms with van der Waals surface area (Å²) in [6, 6.07) is 15.8. The highest BCUT2D eigenvalue weighted by molar-refractivity contribution is 5.92. The van der Waals surface area contributed by atoms with Crippen LogP contribution in [0.4, 0.5) is 10.5 Å². The van der Waals surface area contributed by atoms with Crippen molar-refractivity contribution in [3.05, 3.63) is 65.7 Å². The van der Waals surface area contributed by atoms with Crippen LogP contribution in [0.2, 0.25) is 0 Å². The van der Waals surface area contributed by atoms with E-state index in [0.29, 0.717) is 17.8 Å². The lowest BCUT2D eigenvalue weighted by atomic mass is 10.2. The molecule has 5 nitrogen and oxygen atoms in total. The van der Waals surface area contributed by atoms with Crippen molar-refractivity contribution >= 4 is 17.7 Å². The van der Waals surface area contributed by atoms with E-state index in [4.69, 9.17) is 0 Å². The summed E-state index contributed by atoms with van der Waals surface area (Å²) in [4.78, 5) is 23.0. The summed E-state index contributed by atoms with van der Waals surface area (Å²) in [5.74, 6) is -0.407. The Hall–Kier alpha value is -2.82. The van der Waals surface area contributed by atoms with Crippen molar-refractivity contribution in [2.45, 2.75) is 6.54 Å². The van der Waals surface area contributed by atoms with Crippen molar-refractivity contribution in [3.8, 4) is 0 Å². The summed E-state index contributed by atoms with van der Waals surface area (Å²) in [6.07, 6.45) is 0. The SMILES string of the molecule is COC(=O)c1ccc(NC(=O)NCc2ccccc2)cc1. The van der Waals surface area contributed by atoms with Crippen LogP contribution >= 0.6 is 0 Å². The molecule has 0 aliphatic heterocycles. The number of urea groups is 1. The number of nitrogens with one attached hydrogen (secondary N) is 2. The van der Waals surface area contributed by atoms with Gasteiger partial charge < -0.3 is 15.4 Å². The minimum atomic E-state index is -0.407. The summed E-state index contributed by atoms with van der Waals surface area (Å²) in [5, 5.41) is 5.45. The molecule has 0 heterocycles. The van der Waals surface area contributed by atoms with Gasteiger partial charge >= 0.3 is 12.0 Å². The molecule has 0 bridgehead atoms. The maximum atomic E-state index is 11.7. The standard InChI is InChI=1S/C16H16N2O3/c1-21-15(19)13-7-9-14(10-8-13)18-16(20)17-11-12-5-3-2-4-6-12/h2-10H,11H2,1H3,(H2,17,18,20). The highest BCUT2D eigenvalue weighted by atomic mass is 16.5. The van der Waals surface area contributed by atoms with E-state index in [-0.39, 0.29) is 6.03 Å². The molecule has 2 rings (SSSR count). The summed E-state index contributed by atoms with van der Waals surface area (Å²) in [6.45, 7) is 0.451. The van der Waals surface area contributed by atoms with E-state index in [1.165, 1.54) is 7.11 Å². The van der Waals surface area contributed by atoms with Crippen LogP contribution in [0.15, 0.2) is 54.6 Å². The lowest BCUT2D eigenvalue weighted by Gasteiger charge is -2.08. The monoisotopic (exact) mass is 284 g/mol. The highest BCUT2D eigenvalue weighted by Crippen LogP contribution is 2.10. The van der Waals surface area contributed by atoms with Gasteiger partial charge in [0.2, 0.25) is 0 Å².